The zero-order valence-electron chi connectivity index (χ0n) is 8.34. The summed E-state index contributed by atoms with van der Waals surface area (Å²) >= 11 is 3.32. The molecular weight excluding hydrogens is 244 g/mol. The molecule has 0 aromatic heterocycles. The summed E-state index contributed by atoms with van der Waals surface area (Å²) in [6.07, 6.45) is 0.964. The fourth-order valence-electron chi connectivity index (χ4n) is 1.08. The van der Waals surface area contributed by atoms with E-state index in [4.69, 9.17) is 4.74 Å². The molecule has 0 bridgehead atoms. The predicted molar refractivity (Wildman–Crippen MR) is 59.9 cm³/mol. The first kappa shape index (κ1) is 11.2. The van der Waals surface area contributed by atoms with Crippen LogP contribution < -0.4 is 4.74 Å². The number of hydrogen-bond acceptors (Lipinski definition) is 2. The SMILES string of the molecule is CCCOc1ccc(Br)c(C(C)=O)c1. The molecule has 0 saturated carbocycles. The van der Waals surface area contributed by atoms with E-state index in [1.54, 1.807) is 13.0 Å². The zero-order valence-corrected chi connectivity index (χ0v) is 9.93. The van der Waals surface area contributed by atoms with Gasteiger partial charge in [0.2, 0.25) is 0 Å². The van der Waals surface area contributed by atoms with E-state index in [1.807, 2.05) is 19.1 Å². The number of rotatable bonds is 4. The van der Waals surface area contributed by atoms with Crippen LogP contribution in [0.15, 0.2) is 22.7 Å². The van der Waals surface area contributed by atoms with E-state index in [2.05, 4.69) is 15.9 Å². The molecule has 14 heavy (non-hydrogen) atoms. The third-order valence-electron chi connectivity index (χ3n) is 1.79. The first-order chi connectivity index (χ1) is 6.65. The Labute approximate surface area is 92.4 Å². The van der Waals surface area contributed by atoms with Crippen LogP contribution in [-0.2, 0) is 0 Å². The fourth-order valence-corrected chi connectivity index (χ4v) is 1.61. The molecule has 0 unspecified atom stereocenters. The quantitative estimate of drug-likeness (QED) is 0.772. The Hall–Kier alpha value is -0.830. The lowest BCUT2D eigenvalue weighted by Crippen LogP contribution is -1.98. The van der Waals surface area contributed by atoms with Crippen LogP contribution >= 0.6 is 15.9 Å². The lowest BCUT2D eigenvalue weighted by Gasteiger charge is -2.06. The van der Waals surface area contributed by atoms with Gasteiger partial charge in [-0.3, -0.25) is 4.79 Å². The van der Waals surface area contributed by atoms with Crippen molar-refractivity contribution < 1.29 is 9.53 Å². The molecule has 0 fully saturated rings. The average molecular weight is 257 g/mol. The molecule has 0 saturated heterocycles. The van der Waals surface area contributed by atoms with E-state index >= 15 is 0 Å². The summed E-state index contributed by atoms with van der Waals surface area (Å²) in [4.78, 5) is 11.2. The largest absolute Gasteiger partial charge is 0.494 e. The van der Waals surface area contributed by atoms with Crippen molar-refractivity contribution in [2.45, 2.75) is 20.3 Å². The van der Waals surface area contributed by atoms with Gasteiger partial charge in [-0.1, -0.05) is 22.9 Å². The Kier molecular flexibility index (Phi) is 4.14. The highest BCUT2D eigenvalue weighted by atomic mass is 79.9. The van der Waals surface area contributed by atoms with Gasteiger partial charge >= 0.3 is 0 Å². The second-order valence-corrected chi connectivity index (χ2v) is 3.90. The fraction of sp³-hybridized carbons (Fsp3) is 0.364. The average Bonchev–Trinajstić information content (AvgIpc) is 2.16. The van der Waals surface area contributed by atoms with E-state index in [0.29, 0.717) is 12.2 Å². The monoisotopic (exact) mass is 256 g/mol. The third kappa shape index (κ3) is 2.84. The zero-order chi connectivity index (χ0) is 10.6. The minimum atomic E-state index is 0.0406. The molecule has 0 aliphatic carbocycles. The second-order valence-electron chi connectivity index (χ2n) is 3.05. The summed E-state index contributed by atoms with van der Waals surface area (Å²) in [7, 11) is 0. The minimum absolute atomic E-state index is 0.0406. The van der Waals surface area contributed by atoms with Gasteiger partial charge < -0.3 is 4.74 Å². The number of benzene rings is 1. The standard InChI is InChI=1S/C11H13BrO2/c1-3-6-14-9-4-5-11(12)10(7-9)8(2)13/h4-5,7H,3,6H2,1-2H3. The summed E-state index contributed by atoms with van der Waals surface area (Å²) in [5, 5.41) is 0. The Morgan fingerprint density at radius 2 is 2.21 bits per heavy atom. The molecule has 0 N–H and O–H groups in total. The molecule has 3 heteroatoms. The summed E-state index contributed by atoms with van der Waals surface area (Å²) in [6, 6.07) is 5.45. The summed E-state index contributed by atoms with van der Waals surface area (Å²) in [5.74, 6) is 0.791. The molecule has 0 spiro atoms. The van der Waals surface area contributed by atoms with Crippen molar-refractivity contribution >= 4 is 21.7 Å². The molecule has 0 heterocycles. The first-order valence-corrected chi connectivity index (χ1v) is 5.37. The van der Waals surface area contributed by atoms with Gasteiger partial charge in [-0.05, 0) is 31.5 Å². The van der Waals surface area contributed by atoms with Gasteiger partial charge in [-0.2, -0.15) is 0 Å². The van der Waals surface area contributed by atoms with Gasteiger partial charge in [0.05, 0.1) is 6.61 Å². The molecule has 0 aliphatic heterocycles. The van der Waals surface area contributed by atoms with E-state index in [-0.39, 0.29) is 5.78 Å². The Balaban J connectivity index is 2.89. The van der Waals surface area contributed by atoms with Crippen LogP contribution in [0.5, 0.6) is 5.75 Å². The summed E-state index contributed by atoms with van der Waals surface area (Å²) < 4.78 is 6.24. The van der Waals surface area contributed by atoms with Crippen molar-refractivity contribution in [1.82, 2.24) is 0 Å². The number of halogens is 1. The predicted octanol–water partition coefficient (Wildman–Crippen LogP) is 3.44. The van der Waals surface area contributed by atoms with Crippen LogP contribution in [-0.4, -0.2) is 12.4 Å². The number of carbonyl (C=O) groups excluding carboxylic acids is 1. The molecular formula is C11H13BrO2. The second kappa shape index (κ2) is 5.15. The minimum Gasteiger partial charge on any atom is -0.494 e. The first-order valence-electron chi connectivity index (χ1n) is 4.58. The lowest BCUT2D eigenvalue weighted by molar-refractivity contribution is 0.101. The van der Waals surface area contributed by atoms with Crippen molar-refractivity contribution in [1.29, 1.82) is 0 Å². The smallest absolute Gasteiger partial charge is 0.161 e. The van der Waals surface area contributed by atoms with Crippen molar-refractivity contribution in [2.75, 3.05) is 6.61 Å². The van der Waals surface area contributed by atoms with Crippen molar-refractivity contribution in [2.24, 2.45) is 0 Å². The molecule has 0 aliphatic rings. The van der Waals surface area contributed by atoms with Crippen LogP contribution in [0.4, 0.5) is 0 Å². The molecule has 1 aromatic carbocycles. The van der Waals surface area contributed by atoms with E-state index < -0.39 is 0 Å². The van der Waals surface area contributed by atoms with Crippen LogP contribution in [0.25, 0.3) is 0 Å². The number of hydrogen-bond donors (Lipinski definition) is 0. The van der Waals surface area contributed by atoms with Crippen molar-refractivity contribution in [3.8, 4) is 5.75 Å². The Morgan fingerprint density at radius 1 is 1.50 bits per heavy atom. The Morgan fingerprint density at radius 3 is 2.79 bits per heavy atom. The van der Waals surface area contributed by atoms with Crippen molar-refractivity contribution in [3.05, 3.63) is 28.2 Å². The van der Waals surface area contributed by atoms with Gasteiger partial charge in [0, 0.05) is 10.0 Å². The van der Waals surface area contributed by atoms with E-state index in [9.17, 15) is 4.79 Å². The van der Waals surface area contributed by atoms with E-state index in [1.165, 1.54) is 0 Å². The normalized spacial score (nSPS) is 9.93. The van der Waals surface area contributed by atoms with Gasteiger partial charge in [0.25, 0.3) is 0 Å². The van der Waals surface area contributed by atoms with Crippen molar-refractivity contribution in [3.63, 3.8) is 0 Å². The highest BCUT2D eigenvalue weighted by Crippen LogP contribution is 2.23. The van der Waals surface area contributed by atoms with Gasteiger partial charge in [0.15, 0.2) is 5.78 Å². The Bertz CT molecular complexity index is 334. The molecule has 0 radical (unpaired) electrons. The highest BCUT2D eigenvalue weighted by molar-refractivity contribution is 9.10. The summed E-state index contributed by atoms with van der Waals surface area (Å²) in [6.45, 7) is 4.27. The van der Waals surface area contributed by atoms with Crippen LogP contribution in [0.2, 0.25) is 0 Å². The molecule has 0 amide bonds. The highest BCUT2D eigenvalue weighted by Gasteiger charge is 2.06. The van der Waals surface area contributed by atoms with Gasteiger partial charge in [-0.15, -0.1) is 0 Å². The van der Waals surface area contributed by atoms with Gasteiger partial charge in [0.1, 0.15) is 5.75 Å². The number of ketones is 1. The molecule has 76 valence electrons. The number of Topliss-reactive ketones (excluding diaryl/α,β-unsaturated/α-hetero) is 1. The maximum absolute atomic E-state index is 11.2. The number of carbonyl (C=O) groups is 1. The molecule has 1 rings (SSSR count). The van der Waals surface area contributed by atoms with Crippen LogP contribution in [0.3, 0.4) is 0 Å². The van der Waals surface area contributed by atoms with E-state index in [0.717, 1.165) is 16.6 Å². The maximum atomic E-state index is 11.2. The van der Waals surface area contributed by atoms with Gasteiger partial charge in [-0.25, -0.2) is 0 Å². The number of ether oxygens (including phenoxy) is 1. The van der Waals surface area contributed by atoms with Crippen LogP contribution in [0.1, 0.15) is 30.6 Å². The lowest BCUT2D eigenvalue weighted by atomic mass is 10.1. The molecule has 1 aromatic rings. The maximum Gasteiger partial charge on any atom is 0.161 e. The molecule has 2 nitrogen and oxygen atoms in total. The molecule has 0 atom stereocenters. The third-order valence-corrected chi connectivity index (χ3v) is 2.48. The topological polar surface area (TPSA) is 26.3 Å². The van der Waals surface area contributed by atoms with Crippen LogP contribution in [0, 0.1) is 0 Å². The summed E-state index contributed by atoms with van der Waals surface area (Å²) in [5.41, 5.74) is 0.665.